The van der Waals surface area contributed by atoms with Crippen molar-refractivity contribution < 1.29 is 15.1 Å². The molecule has 1 fully saturated rings. The van der Waals surface area contributed by atoms with Gasteiger partial charge in [-0.2, -0.15) is 0 Å². The monoisotopic (exact) mass is 291 g/mol. The second kappa shape index (κ2) is 5.63. The first-order chi connectivity index (χ1) is 9.87. The quantitative estimate of drug-likeness (QED) is 0.334. The summed E-state index contributed by atoms with van der Waals surface area (Å²) in [5.74, 6) is 0.230. The first kappa shape index (κ1) is 15.2. The van der Waals surface area contributed by atoms with Crippen LogP contribution < -0.4 is 5.73 Å². The van der Waals surface area contributed by atoms with Crippen molar-refractivity contribution in [3.05, 3.63) is 29.3 Å². The summed E-state index contributed by atoms with van der Waals surface area (Å²) < 4.78 is 0. The van der Waals surface area contributed by atoms with Crippen LogP contribution in [-0.2, 0) is 0 Å². The normalized spacial score (nSPS) is 18.6. The predicted molar refractivity (Wildman–Crippen MR) is 79.5 cm³/mol. The van der Waals surface area contributed by atoms with Gasteiger partial charge in [-0.05, 0) is 37.5 Å². The lowest BCUT2D eigenvalue weighted by molar-refractivity contribution is 0.0666. The minimum Gasteiger partial charge on any atom is -0.508 e. The molecule has 0 saturated carbocycles. The van der Waals surface area contributed by atoms with Crippen LogP contribution in [0.3, 0.4) is 0 Å². The van der Waals surface area contributed by atoms with E-state index in [9.17, 15) is 9.90 Å². The number of carbonyl (C=O) groups is 1. The van der Waals surface area contributed by atoms with Crippen molar-refractivity contribution in [1.29, 1.82) is 0 Å². The van der Waals surface area contributed by atoms with Crippen LogP contribution in [0.4, 0.5) is 0 Å². The number of nitrogens with zero attached hydrogens (tertiary/aromatic N) is 2. The number of hydrogen-bond donors (Lipinski definition) is 3. The second-order valence-electron chi connectivity index (χ2n) is 5.84. The number of amides is 1. The molecule has 114 valence electrons. The summed E-state index contributed by atoms with van der Waals surface area (Å²) in [5, 5.41) is 21.6. The number of oxime groups is 1. The molecule has 1 saturated heterocycles. The number of rotatable bonds is 2. The van der Waals surface area contributed by atoms with Gasteiger partial charge >= 0.3 is 0 Å². The van der Waals surface area contributed by atoms with Gasteiger partial charge in [-0.15, -0.1) is 0 Å². The number of aryl methyl sites for hydroxylation is 1. The third-order valence-corrected chi connectivity index (χ3v) is 4.34. The highest BCUT2D eigenvalue weighted by Crippen LogP contribution is 2.32. The van der Waals surface area contributed by atoms with Gasteiger partial charge in [0.2, 0.25) is 0 Å². The Labute approximate surface area is 123 Å². The van der Waals surface area contributed by atoms with Crippen LogP contribution >= 0.6 is 0 Å². The van der Waals surface area contributed by atoms with E-state index in [0.717, 1.165) is 5.56 Å². The van der Waals surface area contributed by atoms with Crippen molar-refractivity contribution in [2.45, 2.75) is 26.7 Å². The maximum Gasteiger partial charge on any atom is 0.253 e. The van der Waals surface area contributed by atoms with Crippen molar-refractivity contribution in [3.8, 4) is 5.75 Å². The predicted octanol–water partition coefficient (Wildman–Crippen LogP) is 1.69. The van der Waals surface area contributed by atoms with Crippen LogP contribution in [0.2, 0.25) is 0 Å². The van der Waals surface area contributed by atoms with Crippen molar-refractivity contribution in [3.63, 3.8) is 0 Å². The first-order valence-corrected chi connectivity index (χ1v) is 6.94. The molecule has 1 heterocycles. The molecule has 0 aromatic heterocycles. The summed E-state index contributed by atoms with van der Waals surface area (Å²) in [6, 6.07) is 4.94. The fourth-order valence-electron chi connectivity index (χ4n) is 2.51. The molecule has 0 bridgehead atoms. The van der Waals surface area contributed by atoms with Gasteiger partial charge in [0.25, 0.3) is 5.91 Å². The largest absolute Gasteiger partial charge is 0.508 e. The molecular formula is C15H21N3O3. The standard InChI is InChI=1S/C15H21N3O3/c1-10-3-4-11(9-12(10)19)13(20)18-7-5-15(2,6-8-18)14(16)17-21/h3-4,9,19,21H,5-8H2,1-2H3,(H2,16,17). The summed E-state index contributed by atoms with van der Waals surface area (Å²) in [6.07, 6.45) is 1.29. The van der Waals surface area contributed by atoms with Gasteiger partial charge in [0, 0.05) is 24.1 Å². The number of phenolic OH excluding ortho intramolecular Hbond substituents is 1. The lowest BCUT2D eigenvalue weighted by Gasteiger charge is -2.38. The Morgan fingerprint density at radius 3 is 2.52 bits per heavy atom. The zero-order valence-electron chi connectivity index (χ0n) is 12.3. The number of amidine groups is 1. The Hall–Kier alpha value is -2.24. The van der Waals surface area contributed by atoms with Gasteiger partial charge in [0.15, 0.2) is 0 Å². The van der Waals surface area contributed by atoms with E-state index in [2.05, 4.69) is 5.16 Å². The van der Waals surface area contributed by atoms with Gasteiger partial charge in [-0.3, -0.25) is 4.79 Å². The number of aromatic hydroxyl groups is 1. The Kier molecular flexibility index (Phi) is 4.06. The highest BCUT2D eigenvalue weighted by atomic mass is 16.4. The van der Waals surface area contributed by atoms with E-state index in [4.69, 9.17) is 10.9 Å². The summed E-state index contributed by atoms with van der Waals surface area (Å²) in [4.78, 5) is 14.2. The smallest absolute Gasteiger partial charge is 0.253 e. The van der Waals surface area contributed by atoms with E-state index in [1.165, 1.54) is 6.07 Å². The SMILES string of the molecule is Cc1ccc(C(=O)N2CCC(C)(/C(N)=N/O)CC2)cc1O. The van der Waals surface area contributed by atoms with Gasteiger partial charge < -0.3 is 20.9 Å². The van der Waals surface area contributed by atoms with Crippen molar-refractivity contribution in [2.24, 2.45) is 16.3 Å². The zero-order valence-corrected chi connectivity index (χ0v) is 12.3. The first-order valence-electron chi connectivity index (χ1n) is 6.94. The molecule has 0 aliphatic carbocycles. The van der Waals surface area contributed by atoms with E-state index in [0.29, 0.717) is 31.5 Å². The van der Waals surface area contributed by atoms with Crippen LogP contribution in [-0.4, -0.2) is 40.0 Å². The molecule has 0 spiro atoms. The van der Waals surface area contributed by atoms with Crippen molar-refractivity contribution in [1.82, 2.24) is 4.90 Å². The molecule has 2 rings (SSSR count). The van der Waals surface area contributed by atoms with Crippen LogP contribution in [0.5, 0.6) is 5.75 Å². The van der Waals surface area contributed by atoms with Gasteiger partial charge in [-0.25, -0.2) is 0 Å². The summed E-state index contributed by atoms with van der Waals surface area (Å²) in [5.41, 5.74) is 6.56. The molecule has 1 aromatic rings. The summed E-state index contributed by atoms with van der Waals surface area (Å²) in [6.45, 7) is 4.80. The van der Waals surface area contributed by atoms with Crippen LogP contribution in [0.15, 0.2) is 23.4 Å². The average molecular weight is 291 g/mol. The Morgan fingerprint density at radius 1 is 1.38 bits per heavy atom. The molecule has 6 nitrogen and oxygen atoms in total. The lowest BCUT2D eigenvalue weighted by Crippen LogP contribution is -2.47. The fourth-order valence-corrected chi connectivity index (χ4v) is 2.51. The van der Waals surface area contributed by atoms with E-state index in [1.54, 1.807) is 24.0 Å². The number of nitrogens with two attached hydrogens (primary N) is 1. The number of likely N-dealkylation sites (tertiary alicyclic amines) is 1. The maximum atomic E-state index is 12.4. The molecular weight excluding hydrogens is 270 g/mol. The van der Waals surface area contributed by atoms with Gasteiger partial charge in [0.1, 0.15) is 11.6 Å². The van der Waals surface area contributed by atoms with Crippen molar-refractivity contribution in [2.75, 3.05) is 13.1 Å². The minimum absolute atomic E-state index is 0.105. The molecule has 1 aromatic carbocycles. The molecule has 21 heavy (non-hydrogen) atoms. The molecule has 0 radical (unpaired) electrons. The number of phenols is 1. The molecule has 1 amide bonds. The second-order valence-corrected chi connectivity index (χ2v) is 5.84. The lowest BCUT2D eigenvalue weighted by atomic mass is 9.79. The minimum atomic E-state index is -0.374. The molecule has 0 atom stereocenters. The highest BCUT2D eigenvalue weighted by Gasteiger charge is 2.35. The Morgan fingerprint density at radius 2 is 2.00 bits per heavy atom. The maximum absolute atomic E-state index is 12.4. The summed E-state index contributed by atoms with van der Waals surface area (Å²) >= 11 is 0. The molecule has 6 heteroatoms. The summed E-state index contributed by atoms with van der Waals surface area (Å²) in [7, 11) is 0. The van der Waals surface area contributed by atoms with E-state index in [1.807, 2.05) is 6.92 Å². The van der Waals surface area contributed by atoms with Crippen LogP contribution in [0.25, 0.3) is 0 Å². The fraction of sp³-hybridized carbons (Fsp3) is 0.467. The van der Waals surface area contributed by atoms with Crippen LogP contribution in [0, 0.1) is 12.3 Å². The topological polar surface area (TPSA) is 99.2 Å². The molecule has 0 unspecified atom stereocenters. The van der Waals surface area contributed by atoms with Crippen molar-refractivity contribution >= 4 is 11.7 Å². The zero-order chi connectivity index (χ0) is 15.6. The number of hydrogen-bond acceptors (Lipinski definition) is 4. The molecule has 1 aliphatic rings. The van der Waals surface area contributed by atoms with Gasteiger partial charge in [-0.1, -0.05) is 18.1 Å². The van der Waals surface area contributed by atoms with E-state index in [-0.39, 0.29) is 22.9 Å². The molecule has 4 N–H and O–H groups in total. The number of carbonyl (C=O) groups excluding carboxylic acids is 1. The van der Waals surface area contributed by atoms with E-state index >= 15 is 0 Å². The number of piperidine rings is 1. The third kappa shape index (κ3) is 2.94. The average Bonchev–Trinajstić information content (AvgIpc) is 2.49. The Balaban J connectivity index is 2.08. The number of benzene rings is 1. The third-order valence-electron chi connectivity index (χ3n) is 4.34. The Bertz CT molecular complexity index is 576. The van der Waals surface area contributed by atoms with Crippen LogP contribution in [0.1, 0.15) is 35.7 Å². The highest BCUT2D eigenvalue weighted by molar-refractivity contribution is 5.95. The van der Waals surface area contributed by atoms with E-state index < -0.39 is 0 Å². The molecule has 1 aliphatic heterocycles. The van der Waals surface area contributed by atoms with Gasteiger partial charge in [0.05, 0.1) is 0 Å².